The zero-order chi connectivity index (χ0) is 13.8. The van der Waals surface area contributed by atoms with Crippen molar-refractivity contribution < 1.29 is 19.4 Å². The Morgan fingerprint density at radius 1 is 1.39 bits per heavy atom. The van der Waals surface area contributed by atoms with E-state index < -0.39 is 12.1 Å². The van der Waals surface area contributed by atoms with E-state index in [-0.39, 0.29) is 17.5 Å². The monoisotopic (exact) mass is 271 g/mol. The van der Waals surface area contributed by atoms with Crippen LogP contribution in [0.2, 0.25) is 0 Å². The molecular formula is C12H17NO4S. The number of thiophene rings is 1. The molecule has 0 atom stereocenters. The second-order valence-corrected chi connectivity index (χ2v) is 5.85. The molecule has 5 nitrogen and oxygen atoms in total. The van der Waals surface area contributed by atoms with Gasteiger partial charge in [-0.25, -0.2) is 9.59 Å². The van der Waals surface area contributed by atoms with Gasteiger partial charge in [0.1, 0.15) is 0 Å². The Kier molecular flexibility index (Phi) is 4.72. The van der Waals surface area contributed by atoms with Gasteiger partial charge in [0.15, 0.2) is 0 Å². The van der Waals surface area contributed by atoms with Crippen LogP contribution >= 0.6 is 11.3 Å². The summed E-state index contributed by atoms with van der Waals surface area (Å²) in [6, 6.07) is 0. The maximum atomic E-state index is 11.4. The smallest absolute Gasteiger partial charge is 0.407 e. The predicted octanol–water partition coefficient (Wildman–Crippen LogP) is 2.72. The van der Waals surface area contributed by atoms with Crippen molar-refractivity contribution in [1.29, 1.82) is 0 Å². The fourth-order valence-corrected chi connectivity index (χ4v) is 1.98. The first-order chi connectivity index (χ1) is 8.29. The number of carboxylic acid groups (broad SMARTS) is 1. The average molecular weight is 271 g/mol. The predicted molar refractivity (Wildman–Crippen MR) is 68.9 cm³/mol. The Morgan fingerprint density at radius 3 is 2.61 bits per heavy atom. The lowest BCUT2D eigenvalue weighted by Gasteiger charge is -2.17. The number of carbonyl (C=O) groups excluding carboxylic acids is 1. The van der Waals surface area contributed by atoms with Crippen molar-refractivity contribution >= 4 is 23.4 Å². The van der Waals surface area contributed by atoms with Crippen LogP contribution in [0.15, 0.2) is 10.8 Å². The first kappa shape index (κ1) is 14.5. The number of hydrogen-bond donors (Lipinski definition) is 2. The molecule has 0 unspecified atom stereocenters. The Labute approximate surface area is 110 Å². The zero-order valence-electron chi connectivity index (χ0n) is 10.6. The van der Waals surface area contributed by atoms with Gasteiger partial charge in [-0.1, -0.05) is 20.8 Å². The summed E-state index contributed by atoms with van der Waals surface area (Å²) in [4.78, 5) is 22.2. The third kappa shape index (κ3) is 4.75. The molecule has 0 saturated heterocycles. The average Bonchev–Trinajstić information content (AvgIpc) is 2.70. The van der Waals surface area contributed by atoms with Crippen LogP contribution in [0.25, 0.3) is 0 Å². The first-order valence-electron chi connectivity index (χ1n) is 5.48. The van der Waals surface area contributed by atoms with Crippen molar-refractivity contribution in [2.45, 2.75) is 27.3 Å². The minimum atomic E-state index is -0.990. The van der Waals surface area contributed by atoms with E-state index in [1.54, 1.807) is 10.8 Å². The molecular weight excluding hydrogens is 254 g/mol. The van der Waals surface area contributed by atoms with Gasteiger partial charge >= 0.3 is 12.1 Å². The summed E-state index contributed by atoms with van der Waals surface area (Å²) in [6.07, 6.45) is -0.535. The summed E-state index contributed by atoms with van der Waals surface area (Å²) < 4.78 is 5.01. The van der Waals surface area contributed by atoms with Crippen LogP contribution < -0.4 is 5.32 Å². The molecule has 0 spiro atoms. The van der Waals surface area contributed by atoms with Gasteiger partial charge in [-0.3, -0.25) is 0 Å². The third-order valence-corrected chi connectivity index (χ3v) is 2.82. The van der Waals surface area contributed by atoms with Crippen molar-refractivity contribution in [3.8, 4) is 0 Å². The molecule has 100 valence electrons. The number of ether oxygens (including phenoxy) is 1. The van der Waals surface area contributed by atoms with Gasteiger partial charge in [-0.2, -0.15) is 11.3 Å². The van der Waals surface area contributed by atoms with E-state index in [1.807, 2.05) is 20.8 Å². The van der Waals surface area contributed by atoms with E-state index in [9.17, 15) is 9.59 Å². The number of hydrogen-bond acceptors (Lipinski definition) is 4. The van der Waals surface area contributed by atoms with Gasteiger partial charge in [-0.05, 0) is 16.4 Å². The minimum absolute atomic E-state index is 0.0913. The van der Waals surface area contributed by atoms with Gasteiger partial charge in [0, 0.05) is 11.9 Å². The lowest BCUT2D eigenvalue weighted by molar-refractivity contribution is 0.0695. The largest absolute Gasteiger partial charge is 0.478 e. The van der Waals surface area contributed by atoms with Gasteiger partial charge in [0.2, 0.25) is 0 Å². The Bertz CT molecular complexity index is 434. The molecule has 1 rings (SSSR count). The van der Waals surface area contributed by atoms with Crippen molar-refractivity contribution in [2.75, 3.05) is 6.61 Å². The van der Waals surface area contributed by atoms with Crippen LogP contribution in [0.5, 0.6) is 0 Å². The summed E-state index contributed by atoms with van der Waals surface area (Å²) in [5.41, 5.74) is 0.711. The second kappa shape index (κ2) is 5.86. The normalized spacial score (nSPS) is 11.1. The second-order valence-electron chi connectivity index (χ2n) is 5.11. The molecule has 0 aliphatic rings. The molecule has 1 aromatic rings. The number of carbonyl (C=O) groups is 2. The Hall–Kier alpha value is -1.56. The summed E-state index contributed by atoms with van der Waals surface area (Å²) in [5, 5.41) is 14.7. The molecule has 1 amide bonds. The quantitative estimate of drug-likeness (QED) is 0.882. The Balaban J connectivity index is 2.43. The molecule has 0 aromatic carbocycles. The highest BCUT2D eigenvalue weighted by Gasteiger charge is 2.15. The molecule has 6 heteroatoms. The van der Waals surface area contributed by atoms with Crippen LogP contribution in [-0.4, -0.2) is 23.8 Å². The number of alkyl carbamates (subject to hydrolysis) is 1. The molecule has 0 fully saturated rings. The first-order valence-corrected chi connectivity index (χ1v) is 6.43. The fraction of sp³-hybridized carbons (Fsp3) is 0.500. The number of rotatable bonds is 4. The number of nitrogens with one attached hydrogen (secondary N) is 1. The highest BCUT2D eigenvalue weighted by molar-refractivity contribution is 7.08. The van der Waals surface area contributed by atoms with E-state index in [0.717, 1.165) is 0 Å². The number of amides is 1. The lowest BCUT2D eigenvalue weighted by atomic mass is 9.99. The van der Waals surface area contributed by atoms with Gasteiger partial charge in [0.05, 0.1) is 12.2 Å². The molecule has 2 N–H and O–H groups in total. The molecule has 0 saturated carbocycles. The van der Waals surface area contributed by atoms with Crippen LogP contribution in [0, 0.1) is 5.41 Å². The van der Waals surface area contributed by atoms with Crippen molar-refractivity contribution in [1.82, 2.24) is 5.32 Å². The molecule has 0 radical (unpaired) electrons. The number of carboxylic acids is 1. The van der Waals surface area contributed by atoms with Crippen LogP contribution in [0.1, 0.15) is 36.7 Å². The van der Waals surface area contributed by atoms with Crippen molar-refractivity contribution in [3.05, 3.63) is 21.9 Å². The molecule has 18 heavy (non-hydrogen) atoms. The van der Waals surface area contributed by atoms with Crippen molar-refractivity contribution in [2.24, 2.45) is 5.41 Å². The lowest BCUT2D eigenvalue weighted by Crippen LogP contribution is -2.28. The molecule has 0 aliphatic carbocycles. The summed E-state index contributed by atoms with van der Waals surface area (Å²) >= 11 is 1.29. The van der Waals surface area contributed by atoms with E-state index in [2.05, 4.69) is 5.32 Å². The van der Waals surface area contributed by atoms with E-state index in [0.29, 0.717) is 12.2 Å². The summed E-state index contributed by atoms with van der Waals surface area (Å²) in [6.45, 7) is 6.35. The fourth-order valence-electron chi connectivity index (χ4n) is 1.15. The zero-order valence-corrected chi connectivity index (χ0v) is 11.5. The SMILES string of the molecule is CC(C)(C)COC(=O)NCc1cscc1C(=O)O. The highest BCUT2D eigenvalue weighted by Crippen LogP contribution is 2.15. The highest BCUT2D eigenvalue weighted by atomic mass is 32.1. The number of aromatic carboxylic acids is 1. The van der Waals surface area contributed by atoms with Crippen molar-refractivity contribution in [3.63, 3.8) is 0 Å². The van der Waals surface area contributed by atoms with E-state index in [4.69, 9.17) is 9.84 Å². The third-order valence-electron chi connectivity index (χ3n) is 2.03. The molecule has 0 bridgehead atoms. The van der Waals surface area contributed by atoms with E-state index in [1.165, 1.54) is 11.3 Å². The Morgan fingerprint density at radius 2 is 2.06 bits per heavy atom. The molecule has 0 aliphatic heterocycles. The van der Waals surface area contributed by atoms with Crippen LogP contribution in [-0.2, 0) is 11.3 Å². The van der Waals surface area contributed by atoms with Gasteiger partial charge in [0.25, 0.3) is 0 Å². The van der Waals surface area contributed by atoms with Crippen LogP contribution in [0.3, 0.4) is 0 Å². The maximum Gasteiger partial charge on any atom is 0.407 e. The summed E-state index contributed by atoms with van der Waals surface area (Å²) in [5.74, 6) is -0.990. The van der Waals surface area contributed by atoms with E-state index >= 15 is 0 Å². The topological polar surface area (TPSA) is 75.6 Å². The van der Waals surface area contributed by atoms with Gasteiger partial charge < -0.3 is 15.2 Å². The van der Waals surface area contributed by atoms with Gasteiger partial charge in [-0.15, -0.1) is 0 Å². The standard InChI is InChI=1S/C12H17NO4S/c1-12(2,3)7-17-11(16)13-4-8-5-18-6-9(8)10(14)15/h5-6H,4,7H2,1-3H3,(H,13,16)(H,14,15). The minimum Gasteiger partial charge on any atom is -0.478 e. The molecule has 1 aromatic heterocycles. The van der Waals surface area contributed by atoms with Crippen LogP contribution in [0.4, 0.5) is 4.79 Å². The molecule has 1 heterocycles. The maximum absolute atomic E-state index is 11.4. The summed E-state index contributed by atoms with van der Waals surface area (Å²) in [7, 11) is 0.